The molecule has 0 aliphatic heterocycles. The fourth-order valence-electron chi connectivity index (χ4n) is 1.63. The van der Waals surface area contributed by atoms with Crippen LogP contribution in [0.4, 0.5) is 8.78 Å². The van der Waals surface area contributed by atoms with Crippen molar-refractivity contribution in [1.29, 1.82) is 0 Å². The molecule has 1 rings (SSSR count). The van der Waals surface area contributed by atoms with E-state index < -0.39 is 11.6 Å². The summed E-state index contributed by atoms with van der Waals surface area (Å²) in [6.45, 7) is 5.46. The largest absolute Gasteiger partial charge is 0.491 e. The summed E-state index contributed by atoms with van der Waals surface area (Å²) < 4.78 is 32.0. The van der Waals surface area contributed by atoms with Crippen molar-refractivity contribution in [2.24, 2.45) is 0 Å². The molecule has 0 radical (unpaired) electrons. The molecule has 100 valence electrons. The van der Waals surface area contributed by atoms with Crippen LogP contribution in [-0.4, -0.2) is 19.1 Å². The van der Waals surface area contributed by atoms with Crippen molar-refractivity contribution >= 4 is 5.91 Å². The maximum Gasteiger partial charge on any atom is 0.216 e. The Balaban J connectivity index is 2.77. The van der Waals surface area contributed by atoms with Gasteiger partial charge >= 0.3 is 0 Å². The normalized spacial score (nSPS) is 10.6. The molecule has 1 amide bonds. The molecule has 3 nitrogen and oxygen atoms in total. The molecule has 0 bridgehead atoms. The predicted octanol–water partition coefficient (Wildman–Crippen LogP) is 2.60. The number of halogens is 2. The molecule has 1 aromatic carbocycles. The van der Waals surface area contributed by atoms with Gasteiger partial charge in [-0.15, -0.1) is 0 Å². The van der Waals surface area contributed by atoms with Crippen LogP contribution in [0.5, 0.6) is 5.75 Å². The number of hydrogen-bond donors (Lipinski definition) is 1. The number of rotatable bonds is 5. The highest BCUT2D eigenvalue weighted by atomic mass is 19.1. The van der Waals surface area contributed by atoms with Crippen molar-refractivity contribution in [3.8, 4) is 5.75 Å². The zero-order chi connectivity index (χ0) is 13.7. The van der Waals surface area contributed by atoms with E-state index in [4.69, 9.17) is 4.74 Å². The molecule has 0 saturated carbocycles. The molecule has 5 heteroatoms. The van der Waals surface area contributed by atoms with E-state index in [-0.39, 0.29) is 24.2 Å². The number of ether oxygens (including phenoxy) is 1. The lowest BCUT2D eigenvalue weighted by Gasteiger charge is -2.15. The number of hydrogen-bond acceptors (Lipinski definition) is 2. The van der Waals surface area contributed by atoms with Crippen LogP contribution in [0.2, 0.25) is 0 Å². The first-order chi connectivity index (χ1) is 8.41. The third kappa shape index (κ3) is 3.98. The van der Waals surface area contributed by atoms with Gasteiger partial charge in [-0.1, -0.05) is 13.8 Å². The lowest BCUT2D eigenvalue weighted by Crippen LogP contribution is -2.25. The van der Waals surface area contributed by atoms with E-state index in [0.717, 1.165) is 12.1 Å². The van der Waals surface area contributed by atoms with Crippen LogP contribution >= 0.6 is 0 Å². The van der Waals surface area contributed by atoms with Gasteiger partial charge in [0.25, 0.3) is 0 Å². The monoisotopic (exact) mass is 257 g/mol. The lowest BCUT2D eigenvalue weighted by atomic mass is 10.0. The van der Waals surface area contributed by atoms with Crippen LogP contribution in [-0.2, 0) is 4.79 Å². The number of benzene rings is 1. The van der Waals surface area contributed by atoms with Gasteiger partial charge in [0, 0.05) is 24.6 Å². The Kier molecular flexibility index (Phi) is 5.07. The van der Waals surface area contributed by atoms with Crippen molar-refractivity contribution in [2.75, 3.05) is 13.2 Å². The fraction of sp³-hybridized carbons (Fsp3) is 0.462. The van der Waals surface area contributed by atoms with Gasteiger partial charge in [0.15, 0.2) is 0 Å². The summed E-state index contributed by atoms with van der Waals surface area (Å²) >= 11 is 0. The molecule has 1 aromatic rings. The Morgan fingerprint density at radius 3 is 2.61 bits per heavy atom. The number of amides is 1. The second-order valence-corrected chi connectivity index (χ2v) is 4.29. The van der Waals surface area contributed by atoms with Crippen LogP contribution in [0.3, 0.4) is 0 Å². The van der Waals surface area contributed by atoms with Crippen molar-refractivity contribution in [1.82, 2.24) is 5.32 Å². The molecular weight excluding hydrogens is 240 g/mol. The van der Waals surface area contributed by atoms with Crippen molar-refractivity contribution in [3.05, 3.63) is 29.3 Å². The molecule has 0 spiro atoms. The van der Waals surface area contributed by atoms with E-state index in [2.05, 4.69) is 5.32 Å². The van der Waals surface area contributed by atoms with Gasteiger partial charge in [-0.3, -0.25) is 4.79 Å². The van der Waals surface area contributed by atoms with E-state index in [1.807, 2.05) is 0 Å². The Morgan fingerprint density at radius 1 is 1.39 bits per heavy atom. The summed E-state index contributed by atoms with van der Waals surface area (Å²) in [6.07, 6.45) is 0. The molecule has 0 aromatic heterocycles. The fourth-order valence-corrected chi connectivity index (χ4v) is 1.63. The summed E-state index contributed by atoms with van der Waals surface area (Å²) in [7, 11) is 0. The first-order valence-corrected chi connectivity index (χ1v) is 5.78. The van der Waals surface area contributed by atoms with Gasteiger partial charge in [0.1, 0.15) is 24.0 Å². The summed E-state index contributed by atoms with van der Waals surface area (Å²) in [6, 6.07) is 2.00. The van der Waals surface area contributed by atoms with Gasteiger partial charge in [-0.05, 0) is 5.92 Å². The number of carbonyl (C=O) groups excluding carboxylic acids is 1. The minimum Gasteiger partial charge on any atom is -0.491 e. The highest BCUT2D eigenvalue weighted by Gasteiger charge is 2.15. The van der Waals surface area contributed by atoms with Gasteiger partial charge in [0.2, 0.25) is 5.91 Å². The smallest absolute Gasteiger partial charge is 0.216 e. The van der Waals surface area contributed by atoms with E-state index >= 15 is 0 Å². The average Bonchev–Trinajstić information content (AvgIpc) is 2.22. The molecular formula is C13H17F2NO2. The average molecular weight is 257 g/mol. The summed E-state index contributed by atoms with van der Waals surface area (Å²) in [5, 5.41) is 2.54. The maximum atomic E-state index is 13.6. The second kappa shape index (κ2) is 6.33. The second-order valence-electron chi connectivity index (χ2n) is 4.29. The number of nitrogens with one attached hydrogen (secondary N) is 1. The number of carbonyl (C=O) groups is 1. The molecule has 0 aliphatic carbocycles. The molecule has 1 N–H and O–H groups in total. The minimum atomic E-state index is -0.675. The van der Waals surface area contributed by atoms with Crippen molar-refractivity contribution in [3.63, 3.8) is 0 Å². The molecule has 18 heavy (non-hydrogen) atoms. The first kappa shape index (κ1) is 14.4. The topological polar surface area (TPSA) is 38.3 Å². The molecule has 0 fully saturated rings. The van der Waals surface area contributed by atoms with E-state index in [0.29, 0.717) is 12.1 Å². The van der Waals surface area contributed by atoms with Crippen LogP contribution in [0.1, 0.15) is 32.3 Å². The van der Waals surface area contributed by atoms with Crippen LogP contribution in [0.15, 0.2) is 12.1 Å². The van der Waals surface area contributed by atoms with Gasteiger partial charge in [-0.25, -0.2) is 8.78 Å². The Labute approximate surface area is 105 Å². The van der Waals surface area contributed by atoms with Crippen LogP contribution in [0.25, 0.3) is 0 Å². The molecule has 0 heterocycles. The molecule has 0 unspecified atom stereocenters. The van der Waals surface area contributed by atoms with E-state index in [1.54, 1.807) is 13.8 Å². The summed E-state index contributed by atoms with van der Waals surface area (Å²) in [5.74, 6) is -1.38. The Morgan fingerprint density at radius 2 is 2.06 bits per heavy atom. The van der Waals surface area contributed by atoms with Gasteiger partial charge < -0.3 is 10.1 Å². The van der Waals surface area contributed by atoms with E-state index in [9.17, 15) is 13.6 Å². The third-order valence-electron chi connectivity index (χ3n) is 2.37. The summed E-state index contributed by atoms with van der Waals surface area (Å²) in [4.78, 5) is 10.7. The maximum absolute atomic E-state index is 13.6. The molecule has 0 saturated heterocycles. The van der Waals surface area contributed by atoms with Gasteiger partial charge in [0.05, 0.1) is 6.54 Å². The molecule has 0 aliphatic rings. The predicted molar refractivity (Wildman–Crippen MR) is 64.6 cm³/mol. The quantitative estimate of drug-likeness (QED) is 0.823. The lowest BCUT2D eigenvalue weighted by molar-refractivity contribution is -0.119. The third-order valence-corrected chi connectivity index (χ3v) is 2.37. The molecule has 0 atom stereocenters. The first-order valence-electron chi connectivity index (χ1n) is 5.78. The van der Waals surface area contributed by atoms with E-state index in [1.165, 1.54) is 6.92 Å². The zero-order valence-electron chi connectivity index (χ0n) is 10.7. The highest BCUT2D eigenvalue weighted by Crippen LogP contribution is 2.30. The Bertz CT molecular complexity index is 433. The Hall–Kier alpha value is -1.65. The van der Waals surface area contributed by atoms with Crippen LogP contribution < -0.4 is 10.1 Å². The standard InChI is InChI=1S/C13H17F2NO2/c1-8(2)13-11(15)6-10(14)7-12(13)18-5-4-16-9(3)17/h6-8H,4-5H2,1-3H3,(H,16,17). The van der Waals surface area contributed by atoms with Crippen LogP contribution in [0, 0.1) is 11.6 Å². The SMILES string of the molecule is CC(=O)NCCOc1cc(F)cc(F)c1C(C)C. The zero-order valence-corrected chi connectivity index (χ0v) is 10.7. The van der Waals surface area contributed by atoms with Crippen molar-refractivity contribution in [2.45, 2.75) is 26.7 Å². The minimum absolute atomic E-state index is 0.110. The van der Waals surface area contributed by atoms with Crippen molar-refractivity contribution < 1.29 is 18.3 Å². The summed E-state index contributed by atoms with van der Waals surface area (Å²) in [5.41, 5.74) is 0.347. The highest BCUT2D eigenvalue weighted by molar-refractivity contribution is 5.72. The van der Waals surface area contributed by atoms with Gasteiger partial charge in [-0.2, -0.15) is 0 Å².